The molecule has 0 bridgehead atoms. The first kappa shape index (κ1) is 17.1. The van der Waals surface area contributed by atoms with Crippen LogP contribution < -0.4 is 15.4 Å². The number of hydrogen-bond donors (Lipinski definition) is 2. The average Bonchev–Trinajstić information content (AvgIpc) is 2.71. The fourth-order valence-electron chi connectivity index (χ4n) is 2.85. The highest BCUT2D eigenvalue weighted by Crippen LogP contribution is 2.24. The van der Waals surface area contributed by atoms with Gasteiger partial charge in [-0.15, -0.1) is 0 Å². The third-order valence-electron chi connectivity index (χ3n) is 4.13. The molecule has 0 saturated carbocycles. The van der Waals surface area contributed by atoms with E-state index in [2.05, 4.69) is 28.8 Å². The highest BCUT2D eigenvalue weighted by atomic mass is 32.1. The standard InChI is InChI=1S/C23H18N2OS/c27-23(25-22-12-6-8-17-7-4-5-11-21(17)22)24-18-13-15-20(16-14-18)26-19-9-2-1-3-10-19/h1-16H,(H2,24,25,27). The summed E-state index contributed by atoms with van der Waals surface area (Å²) in [6, 6.07) is 31.8. The minimum absolute atomic E-state index is 0.545. The predicted molar refractivity (Wildman–Crippen MR) is 117 cm³/mol. The molecule has 0 radical (unpaired) electrons. The summed E-state index contributed by atoms with van der Waals surface area (Å²) in [7, 11) is 0. The highest BCUT2D eigenvalue weighted by molar-refractivity contribution is 7.80. The van der Waals surface area contributed by atoms with Crippen LogP contribution in [0.25, 0.3) is 10.8 Å². The Hall–Kier alpha value is -3.37. The Kier molecular flexibility index (Phi) is 4.99. The fraction of sp³-hybridized carbons (Fsp3) is 0. The normalized spacial score (nSPS) is 10.4. The molecule has 0 aliphatic rings. The number of thiocarbonyl (C=S) groups is 1. The summed E-state index contributed by atoms with van der Waals surface area (Å²) in [5.74, 6) is 1.59. The van der Waals surface area contributed by atoms with E-state index in [1.807, 2.05) is 78.9 Å². The van der Waals surface area contributed by atoms with Crippen LogP contribution in [0, 0.1) is 0 Å². The molecule has 4 aromatic rings. The largest absolute Gasteiger partial charge is 0.457 e. The minimum atomic E-state index is 0.545. The Bertz CT molecular complexity index is 1060. The molecule has 4 heteroatoms. The zero-order valence-electron chi connectivity index (χ0n) is 14.6. The van der Waals surface area contributed by atoms with Gasteiger partial charge >= 0.3 is 0 Å². The summed E-state index contributed by atoms with van der Waals surface area (Å²) >= 11 is 5.47. The van der Waals surface area contributed by atoms with E-state index in [9.17, 15) is 0 Å². The smallest absolute Gasteiger partial charge is 0.175 e. The van der Waals surface area contributed by atoms with Gasteiger partial charge in [-0.25, -0.2) is 0 Å². The first-order chi connectivity index (χ1) is 13.3. The number of hydrogen-bond acceptors (Lipinski definition) is 2. The molecule has 0 aromatic heterocycles. The molecular formula is C23H18N2OS. The van der Waals surface area contributed by atoms with Gasteiger partial charge in [-0.3, -0.25) is 0 Å². The third-order valence-corrected chi connectivity index (χ3v) is 4.33. The van der Waals surface area contributed by atoms with Crippen LogP contribution in [0.2, 0.25) is 0 Å². The molecule has 2 N–H and O–H groups in total. The molecule has 0 aliphatic heterocycles. The Morgan fingerprint density at radius 2 is 1.30 bits per heavy atom. The SMILES string of the molecule is S=C(Nc1ccc(Oc2ccccc2)cc1)Nc1cccc2ccccc12. The van der Waals surface area contributed by atoms with E-state index in [0.717, 1.165) is 28.3 Å². The Labute approximate surface area is 163 Å². The van der Waals surface area contributed by atoms with Crippen LogP contribution in [0.15, 0.2) is 97.1 Å². The van der Waals surface area contributed by atoms with Crippen molar-refractivity contribution in [3.05, 3.63) is 97.1 Å². The number of para-hydroxylation sites is 1. The van der Waals surface area contributed by atoms with Gasteiger partial charge < -0.3 is 15.4 Å². The summed E-state index contributed by atoms with van der Waals surface area (Å²) in [6.07, 6.45) is 0. The Balaban J connectivity index is 1.42. The van der Waals surface area contributed by atoms with Crippen LogP contribution in [0.1, 0.15) is 0 Å². The minimum Gasteiger partial charge on any atom is -0.457 e. The topological polar surface area (TPSA) is 33.3 Å². The number of nitrogens with one attached hydrogen (secondary N) is 2. The molecule has 0 fully saturated rings. The maximum Gasteiger partial charge on any atom is 0.175 e. The lowest BCUT2D eigenvalue weighted by Crippen LogP contribution is -2.19. The molecule has 0 heterocycles. The van der Waals surface area contributed by atoms with Crippen molar-refractivity contribution in [2.24, 2.45) is 0 Å². The lowest BCUT2D eigenvalue weighted by Gasteiger charge is -2.13. The van der Waals surface area contributed by atoms with Gasteiger partial charge in [0.15, 0.2) is 5.11 Å². The van der Waals surface area contributed by atoms with Crippen molar-refractivity contribution in [1.82, 2.24) is 0 Å². The molecule has 27 heavy (non-hydrogen) atoms. The van der Waals surface area contributed by atoms with Crippen molar-refractivity contribution in [2.75, 3.05) is 10.6 Å². The van der Waals surface area contributed by atoms with E-state index in [1.54, 1.807) is 0 Å². The molecule has 4 aromatic carbocycles. The van der Waals surface area contributed by atoms with E-state index in [-0.39, 0.29) is 0 Å². The highest BCUT2D eigenvalue weighted by Gasteiger charge is 2.04. The van der Waals surface area contributed by atoms with Gasteiger partial charge in [0.05, 0.1) is 0 Å². The van der Waals surface area contributed by atoms with Crippen molar-refractivity contribution < 1.29 is 4.74 Å². The van der Waals surface area contributed by atoms with Gasteiger partial charge in [0.25, 0.3) is 0 Å². The summed E-state index contributed by atoms with van der Waals surface area (Å²) in [5, 5.41) is 9.34. The second-order valence-corrected chi connectivity index (χ2v) is 6.45. The van der Waals surface area contributed by atoms with Gasteiger partial charge in [-0.2, -0.15) is 0 Å². The molecule has 0 unspecified atom stereocenters. The van der Waals surface area contributed by atoms with Crippen LogP contribution >= 0.6 is 12.2 Å². The second kappa shape index (κ2) is 7.89. The maximum atomic E-state index is 5.81. The maximum absolute atomic E-state index is 5.81. The molecule has 0 atom stereocenters. The summed E-state index contributed by atoms with van der Waals surface area (Å²) in [5.41, 5.74) is 1.88. The molecule has 0 aliphatic carbocycles. The van der Waals surface area contributed by atoms with Crippen molar-refractivity contribution in [1.29, 1.82) is 0 Å². The summed E-state index contributed by atoms with van der Waals surface area (Å²) in [6.45, 7) is 0. The van der Waals surface area contributed by atoms with Crippen LogP contribution in [0.3, 0.4) is 0 Å². The van der Waals surface area contributed by atoms with Crippen molar-refractivity contribution >= 4 is 39.5 Å². The lowest BCUT2D eigenvalue weighted by atomic mass is 10.1. The van der Waals surface area contributed by atoms with E-state index in [0.29, 0.717) is 5.11 Å². The summed E-state index contributed by atoms with van der Waals surface area (Å²) in [4.78, 5) is 0. The molecule has 0 saturated heterocycles. The van der Waals surface area contributed by atoms with Crippen LogP contribution in [0.4, 0.5) is 11.4 Å². The number of rotatable bonds is 4. The number of fused-ring (bicyclic) bond motifs is 1. The van der Waals surface area contributed by atoms with Gasteiger partial charge in [0.2, 0.25) is 0 Å². The van der Waals surface area contributed by atoms with Crippen molar-refractivity contribution in [2.45, 2.75) is 0 Å². The van der Waals surface area contributed by atoms with E-state index < -0.39 is 0 Å². The molecule has 4 rings (SSSR count). The van der Waals surface area contributed by atoms with E-state index >= 15 is 0 Å². The first-order valence-electron chi connectivity index (χ1n) is 8.67. The van der Waals surface area contributed by atoms with Crippen molar-refractivity contribution in [3.8, 4) is 11.5 Å². The quantitative estimate of drug-likeness (QED) is 0.405. The second-order valence-electron chi connectivity index (χ2n) is 6.05. The van der Waals surface area contributed by atoms with E-state index in [1.165, 1.54) is 5.39 Å². The van der Waals surface area contributed by atoms with E-state index in [4.69, 9.17) is 17.0 Å². The molecular weight excluding hydrogens is 352 g/mol. The Morgan fingerprint density at radius 3 is 2.11 bits per heavy atom. The number of ether oxygens (including phenoxy) is 1. The number of benzene rings is 4. The fourth-order valence-corrected chi connectivity index (χ4v) is 3.08. The molecule has 0 amide bonds. The van der Waals surface area contributed by atoms with Crippen LogP contribution in [0.5, 0.6) is 11.5 Å². The average molecular weight is 370 g/mol. The molecule has 0 spiro atoms. The number of anilines is 2. The Morgan fingerprint density at radius 1 is 0.630 bits per heavy atom. The van der Waals surface area contributed by atoms with Gasteiger partial charge in [-0.1, -0.05) is 54.6 Å². The van der Waals surface area contributed by atoms with Gasteiger partial charge in [0.1, 0.15) is 11.5 Å². The van der Waals surface area contributed by atoms with Crippen LogP contribution in [-0.4, -0.2) is 5.11 Å². The molecule has 132 valence electrons. The monoisotopic (exact) mass is 370 g/mol. The third kappa shape index (κ3) is 4.25. The van der Waals surface area contributed by atoms with Gasteiger partial charge in [-0.05, 0) is 60.1 Å². The first-order valence-corrected chi connectivity index (χ1v) is 9.07. The lowest BCUT2D eigenvalue weighted by molar-refractivity contribution is 0.483. The van der Waals surface area contributed by atoms with Gasteiger partial charge in [0, 0.05) is 16.8 Å². The molecule has 3 nitrogen and oxygen atoms in total. The zero-order chi connectivity index (χ0) is 18.5. The van der Waals surface area contributed by atoms with Crippen LogP contribution in [-0.2, 0) is 0 Å². The predicted octanol–water partition coefficient (Wildman–Crippen LogP) is 6.44. The van der Waals surface area contributed by atoms with Crippen molar-refractivity contribution in [3.63, 3.8) is 0 Å². The zero-order valence-corrected chi connectivity index (χ0v) is 15.4. The summed E-state index contributed by atoms with van der Waals surface area (Å²) < 4.78 is 5.81.